The molecule has 202 valence electrons. The van der Waals surface area contributed by atoms with Crippen LogP contribution in [0.25, 0.3) is 0 Å². The molecule has 1 aromatic rings. The molecule has 1 aromatic carbocycles. The Balaban J connectivity index is 1.84. The number of nitrogens with one attached hydrogen (secondary N) is 4. The van der Waals surface area contributed by atoms with Crippen molar-refractivity contribution in [2.75, 3.05) is 13.1 Å². The molecular weight excluding hydrogens is 474 g/mol. The third kappa shape index (κ3) is 8.03. The Morgan fingerprint density at radius 3 is 2.30 bits per heavy atom. The highest BCUT2D eigenvalue weighted by molar-refractivity contribution is 5.97. The van der Waals surface area contributed by atoms with E-state index in [1.54, 1.807) is 11.8 Å². The molecule has 5 amide bonds. The molecular formula is C27H39N5O5. The van der Waals surface area contributed by atoms with Crippen molar-refractivity contribution in [2.45, 2.75) is 89.4 Å². The van der Waals surface area contributed by atoms with Gasteiger partial charge in [-0.2, -0.15) is 0 Å². The number of rotatable bonds is 8. The molecule has 0 radical (unpaired) electrons. The zero-order valence-corrected chi connectivity index (χ0v) is 21.8. The third-order valence-corrected chi connectivity index (χ3v) is 6.95. The van der Waals surface area contributed by atoms with Crippen LogP contribution in [0, 0.1) is 0 Å². The van der Waals surface area contributed by atoms with Crippen molar-refractivity contribution in [1.29, 1.82) is 0 Å². The van der Waals surface area contributed by atoms with Crippen LogP contribution in [-0.2, 0) is 30.4 Å². The fraction of sp³-hybridized carbons (Fsp3) is 0.593. The van der Waals surface area contributed by atoms with E-state index >= 15 is 0 Å². The molecule has 4 atom stereocenters. The summed E-state index contributed by atoms with van der Waals surface area (Å²) in [6, 6.07) is 6.19. The minimum absolute atomic E-state index is 0.124. The molecule has 2 aliphatic heterocycles. The number of hydrogen-bond donors (Lipinski definition) is 4. The average Bonchev–Trinajstić information content (AvgIpc) is 2.89. The van der Waals surface area contributed by atoms with Crippen molar-refractivity contribution in [1.82, 2.24) is 26.2 Å². The summed E-state index contributed by atoms with van der Waals surface area (Å²) in [7, 11) is 0. The Labute approximate surface area is 218 Å². The summed E-state index contributed by atoms with van der Waals surface area (Å²) in [6.45, 7) is 4.12. The Hall–Kier alpha value is -3.43. The number of amides is 5. The number of fused-ring (bicyclic) bond motifs is 1. The second kappa shape index (κ2) is 13.8. The summed E-state index contributed by atoms with van der Waals surface area (Å²) in [6.07, 6.45) is 4.27. The van der Waals surface area contributed by atoms with Gasteiger partial charge in [-0.05, 0) is 50.5 Å². The summed E-state index contributed by atoms with van der Waals surface area (Å²) < 4.78 is 0. The number of nitrogens with zero attached hydrogens (tertiary/aromatic N) is 1. The highest BCUT2D eigenvalue weighted by Gasteiger charge is 2.39. The first-order chi connectivity index (χ1) is 17.8. The van der Waals surface area contributed by atoms with E-state index in [2.05, 4.69) is 21.3 Å². The first-order valence-corrected chi connectivity index (χ1v) is 13.3. The van der Waals surface area contributed by atoms with E-state index in [1.165, 1.54) is 6.92 Å². The van der Waals surface area contributed by atoms with Crippen LogP contribution < -0.4 is 21.3 Å². The van der Waals surface area contributed by atoms with E-state index in [9.17, 15) is 24.0 Å². The number of piperidine rings is 1. The van der Waals surface area contributed by atoms with Crippen LogP contribution in [0.1, 0.15) is 64.4 Å². The van der Waals surface area contributed by atoms with Crippen molar-refractivity contribution in [3.05, 3.63) is 35.9 Å². The number of carbonyl (C=O) groups excluding carboxylic acids is 5. The summed E-state index contributed by atoms with van der Waals surface area (Å²) in [5.74, 6) is -1.61. The maximum atomic E-state index is 13.7. The molecule has 2 saturated heterocycles. The molecule has 10 heteroatoms. The van der Waals surface area contributed by atoms with Crippen molar-refractivity contribution in [3.63, 3.8) is 0 Å². The second-order valence-corrected chi connectivity index (χ2v) is 9.80. The largest absolute Gasteiger partial charge is 0.356 e. The quantitative estimate of drug-likeness (QED) is 0.381. The maximum Gasteiger partial charge on any atom is 0.246 e. The SMILES string of the molecule is CC[C@@H]1NC(=O)[C@H](CCCCNC(C)=O)NC(=O)[C@H]2CCCCN2C(=O)[C@H](Cc2ccccc2)NC1=O. The van der Waals surface area contributed by atoms with Gasteiger partial charge in [0, 0.05) is 26.4 Å². The lowest BCUT2D eigenvalue weighted by molar-refractivity contribution is -0.146. The number of hydrogen-bond acceptors (Lipinski definition) is 5. The van der Waals surface area contributed by atoms with Gasteiger partial charge in [0.05, 0.1) is 0 Å². The van der Waals surface area contributed by atoms with E-state index in [0.717, 1.165) is 18.4 Å². The van der Waals surface area contributed by atoms with E-state index in [4.69, 9.17) is 0 Å². The molecule has 2 heterocycles. The summed E-state index contributed by atoms with van der Waals surface area (Å²) in [5.41, 5.74) is 0.891. The molecule has 0 bridgehead atoms. The molecule has 3 rings (SSSR count). The first kappa shape index (κ1) is 28.1. The normalized spacial score (nSPS) is 25.1. The predicted molar refractivity (Wildman–Crippen MR) is 138 cm³/mol. The van der Waals surface area contributed by atoms with Gasteiger partial charge in [-0.1, -0.05) is 37.3 Å². The number of unbranched alkanes of at least 4 members (excludes halogenated alkanes) is 1. The van der Waals surface area contributed by atoms with Gasteiger partial charge in [0.25, 0.3) is 0 Å². The minimum Gasteiger partial charge on any atom is -0.356 e. The topological polar surface area (TPSA) is 137 Å². The monoisotopic (exact) mass is 513 g/mol. The van der Waals surface area contributed by atoms with Gasteiger partial charge >= 0.3 is 0 Å². The van der Waals surface area contributed by atoms with Gasteiger partial charge in [0.1, 0.15) is 24.2 Å². The van der Waals surface area contributed by atoms with E-state index < -0.39 is 36.0 Å². The zero-order chi connectivity index (χ0) is 26.8. The Morgan fingerprint density at radius 1 is 0.919 bits per heavy atom. The minimum atomic E-state index is -0.849. The summed E-state index contributed by atoms with van der Waals surface area (Å²) in [5, 5.41) is 11.2. The van der Waals surface area contributed by atoms with Crippen LogP contribution in [0.5, 0.6) is 0 Å². The molecule has 0 aliphatic carbocycles. The van der Waals surface area contributed by atoms with Crippen LogP contribution in [-0.4, -0.2) is 71.7 Å². The highest BCUT2D eigenvalue weighted by atomic mass is 16.2. The molecule has 0 spiro atoms. The van der Waals surface area contributed by atoms with Crippen LogP contribution >= 0.6 is 0 Å². The van der Waals surface area contributed by atoms with E-state index in [0.29, 0.717) is 45.2 Å². The maximum absolute atomic E-state index is 13.7. The van der Waals surface area contributed by atoms with E-state index in [1.807, 2.05) is 30.3 Å². The fourth-order valence-electron chi connectivity index (χ4n) is 4.89. The van der Waals surface area contributed by atoms with Gasteiger partial charge < -0.3 is 26.2 Å². The number of carbonyl (C=O) groups is 5. The smallest absolute Gasteiger partial charge is 0.246 e. The van der Waals surface area contributed by atoms with Crippen LogP contribution in [0.2, 0.25) is 0 Å². The molecule has 37 heavy (non-hydrogen) atoms. The van der Waals surface area contributed by atoms with Crippen molar-refractivity contribution in [2.24, 2.45) is 0 Å². The summed E-state index contributed by atoms with van der Waals surface area (Å²) >= 11 is 0. The van der Waals surface area contributed by atoms with Gasteiger partial charge in [0.15, 0.2) is 0 Å². The predicted octanol–water partition coefficient (Wildman–Crippen LogP) is 0.795. The lowest BCUT2D eigenvalue weighted by Gasteiger charge is -2.38. The van der Waals surface area contributed by atoms with Crippen molar-refractivity contribution < 1.29 is 24.0 Å². The standard InChI is InChI=1S/C27H39N5O5/c1-3-20-24(34)31-22(17-19-11-5-4-6-12-19)27(37)32-16-10-8-14-23(32)26(36)30-21(25(35)29-20)13-7-9-15-28-18(2)33/h4-6,11-12,20-23H,3,7-10,13-17H2,1-2H3,(H,28,33)(H,29,35)(H,30,36)(H,31,34)/t20-,21-,22-,23+/m0/s1. The Bertz CT molecular complexity index is 969. The Morgan fingerprint density at radius 2 is 1.59 bits per heavy atom. The lowest BCUT2D eigenvalue weighted by Crippen LogP contribution is -2.63. The molecule has 0 aromatic heterocycles. The average molecular weight is 514 g/mol. The summed E-state index contributed by atoms with van der Waals surface area (Å²) in [4.78, 5) is 66.2. The zero-order valence-electron chi connectivity index (χ0n) is 21.8. The molecule has 2 fully saturated rings. The number of benzene rings is 1. The highest BCUT2D eigenvalue weighted by Crippen LogP contribution is 2.20. The van der Waals surface area contributed by atoms with Crippen LogP contribution in [0.4, 0.5) is 0 Å². The third-order valence-electron chi connectivity index (χ3n) is 6.95. The van der Waals surface area contributed by atoms with Crippen molar-refractivity contribution >= 4 is 29.5 Å². The lowest BCUT2D eigenvalue weighted by atomic mass is 9.96. The van der Waals surface area contributed by atoms with Crippen LogP contribution in [0.3, 0.4) is 0 Å². The molecule has 2 aliphatic rings. The van der Waals surface area contributed by atoms with Gasteiger partial charge in [0.2, 0.25) is 29.5 Å². The second-order valence-electron chi connectivity index (χ2n) is 9.80. The Kier molecular flexibility index (Phi) is 10.5. The first-order valence-electron chi connectivity index (χ1n) is 13.3. The molecule has 0 unspecified atom stereocenters. The van der Waals surface area contributed by atoms with Gasteiger partial charge in [-0.3, -0.25) is 24.0 Å². The van der Waals surface area contributed by atoms with Crippen molar-refractivity contribution in [3.8, 4) is 0 Å². The van der Waals surface area contributed by atoms with Gasteiger partial charge in [-0.15, -0.1) is 0 Å². The van der Waals surface area contributed by atoms with E-state index in [-0.39, 0.29) is 24.1 Å². The molecule has 10 nitrogen and oxygen atoms in total. The molecule has 4 N–H and O–H groups in total. The fourth-order valence-corrected chi connectivity index (χ4v) is 4.89. The van der Waals surface area contributed by atoms with Gasteiger partial charge in [-0.25, -0.2) is 0 Å². The molecule has 0 saturated carbocycles. The van der Waals surface area contributed by atoms with Crippen LogP contribution in [0.15, 0.2) is 30.3 Å².